The Kier molecular flexibility index (Phi) is 6.00. The summed E-state index contributed by atoms with van der Waals surface area (Å²) in [6.45, 7) is 9.06. The van der Waals surface area contributed by atoms with E-state index in [1.165, 1.54) is 11.3 Å². The van der Waals surface area contributed by atoms with Crippen LogP contribution in [0.25, 0.3) is 0 Å². The predicted molar refractivity (Wildman–Crippen MR) is 87.2 cm³/mol. The van der Waals surface area contributed by atoms with E-state index in [-0.39, 0.29) is 12.5 Å². The molecule has 0 aliphatic carbocycles. The monoisotopic (exact) mass is 327 g/mol. The molecule has 1 heterocycles. The molecule has 1 amide bonds. The molecule has 0 aromatic carbocycles. The molecule has 5 nitrogen and oxygen atoms in total. The lowest BCUT2D eigenvalue weighted by atomic mass is 9.74. The molecule has 0 fully saturated rings. The van der Waals surface area contributed by atoms with Gasteiger partial charge in [-0.15, -0.1) is 11.3 Å². The van der Waals surface area contributed by atoms with Crippen molar-refractivity contribution in [3.63, 3.8) is 0 Å². The van der Waals surface area contributed by atoms with E-state index in [2.05, 4.69) is 5.32 Å². The van der Waals surface area contributed by atoms with Gasteiger partial charge in [0.2, 0.25) is 0 Å². The molecule has 124 valence electrons. The second kappa shape index (κ2) is 7.13. The molecule has 1 unspecified atom stereocenters. The molecule has 2 N–H and O–H groups in total. The average molecular weight is 327 g/mol. The highest BCUT2D eigenvalue weighted by atomic mass is 32.1. The van der Waals surface area contributed by atoms with Crippen molar-refractivity contribution in [2.75, 3.05) is 6.54 Å². The zero-order valence-corrected chi connectivity index (χ0v) is 14.6. The number of carboxylic acid groups (broad SMARTS) is 1. The van der Waals surface area contributed by atoms with E-state index in [1.54, 1.807) is 20.8 Å². The lowest BCUT2D eigenvalue weighted by Gasteiger charge is -2.33. The lowest BCUT2D eigenvalue weighted by Crippen LogP contribution is -2.48. The molecule has 0 saturated heterocycles. The number of aliphatic carboxylic acids is 1. The topological polar surface area (TPSA) is 75.6 Å². The summed E-state index contributed by atoms with van der Waals surface area (Å²) in [6.07, 6.45) is -0.210. The highest BCUT2D eigenvalue weighted by Crippen LogP contribution is 2.33. The number of carbonyl (C=O) groups excluding carboxylic acids is 1. The number of nitrogens with one attached hydrogen (secondary N) is 1. The summed E-state index contributed by atoms with van der Waals surface area (Å²) in [7, 11) is 0. The van der Waals surface area contributed by atoms with Crippen molar-refractivity contribution in [3.05, 3.63) is 22.4 Å². The number of hydrogen-bond donors (Lipinski definition) is 2. The van der Waals surface area contributed by atoms with Gasteiger partial charge in [0, 0.05) is 11.4 Å². The highest BCUT2D eigenvalue weighted by Gasteiger charge is 2.42. The van der Waals surface area contributed by atoms with Gasteiger partial charge in [-0.25, -0.2) is 4.79 Å². The molecule has 0 spiro atoms. The summed E-state index contributed by atoms with van der Waals surface area (Å²) in [5.74, 6) is -1.05. The Morgan fingerprint density at radius 1 is 1.36 bits per heavy atom. The lowest BCUT2D eigenvalue weighted by molar-refractivity contribution is -0.151. The zero-order valence-electron chi connectivity index (χ0n) is 13.8. The van der Waals surface area contributed by atoms with Gasteiger partial charge in [0.15, 0.2) is 0 Å². The van der Waals surface area contributed by atoms with Crippen LogP contribution >= 0.6 is 11.3 Å². The summed E-state index contributed by atoms with van der Waals surface area (Å²) >= 11 is 1.52. The summed E-state index contributed by atoms with van der Waals surface area (Å²) in [4.78, 5) is 24.7. The third-order valence-electron chi connectivity index (χ3n) is 3.55. The van der Waals surface area contributed by atoms with E-state index < -0.39 is 23.1 Å². The number of alkyl carbamates (subject to hydrolysis) is 1. The minimum Gasteiger partial charge on any atom is -0.481 e. The van der Waals surface area contributed by atoms with E-state index in [4.69, 9.17) is 4.74 Å². The molecule has 0 radical (unpaired) electrons. The molecule has 1 atom stereocenters. The van der Waals surface area contributed by atoms with E-state index >= 15 is 0 Å². The van der Waals surface area contributed by atoms with Crippen LogP contribution in [0.3, 0.4) is 0 Å². The largest absolute Gasteiger partial charge is 0.481 e. The van der Waals surface area contributed by atoms with Crippen molar-refractivity contribution in [1.29, 1.82) is 0 Å². The second-order valence-electron chi connectivity index (χ2n) is 6.73. The number of amides is 1. The highest BCUT2D eigenvalue weighted by molar-refractivity contribution is 7.09. The molecule has 1 aromatic heterocycles. The van der Waals surface area contributed by atoms with Crippen LogP contribution < -0.4 is 5.32 Å². The number of hydrogen-bond acceptors (Lipinski definition) is 4. The first kappa shape index (κ1) is 18.5. The number of rotatable bonds is 6. The van der Waals surface area contributed by atoms with Crippen LogP contribution in [0.15, 0.2) is 17.5 Å². The minimum atomic E-state index is -1.05. The molecular formula is C16H25NO4S. The van der Waals surface area contributed by atoms with Crippen LogP contribution in [-0.2, 0) is 16.0 Å². The Labute approximate surface area is 135 Å². The van der Waals surface area contributed by atoms with Crippen molar-refractivity contribution in [2.45, 2.75) is 46.6 Å². The van der Waals surface area contributed by atoms with Crippen molar-refractivity contribution >= 4 is 23.4 Å². The van der Waals surface area contributed by atoms with Crippen LogP contribution in [0.1, 0.15) is 39.5 Å². The molecule has 0 aliphatic rings. The van der Waals surface area contributed by atoms with Crippen LogP contribution in [0.5, 0.6) is 0 Å². The molecule has 0 saturated carbocycles. The average Bonchev–Trinajstić information content (AvgIpc) is 2.84. The maximum Gasteiger partial charge on any atom is 0.407 e. The van der Waals surface area contributed by atoms with Crippen LogP contribution in [0.4, 0.5) is 4.79 Å². The fourth-order valence-electron chi connectivity index (χ4n) is 2.14. The van der Waals surface area contributed by atoms with E-state index in [9.17, 15) is 14.7 Å². The Hall–Kier alpha value is -1.56. The van der Waals surface area contributed by atoms with E-state index in [1.807, 2.05) is 31.4 Å². The van der Waals surface area contributed by atoms with Gasteiger partial charge >= 0.3 is 12.1 Å². The maximum atomic E-state index is 11.9. The molecule has 22 heavy (non-hydrogen) atoms. The van der Waals surface area contributed by atoms with E-state index in [0.29, 0.717) is 6.42 Å². The maximum absolute atomic E-state index is 11.9. The third kappa shape index (κ3) is 5.02. The SMILES string of the molecule is CC(C)C(CNC(=O)OC(C)(C)C)(Cc1cccs1)C(=O)O. The third-order valence-corrected chi connectivity index (χ3v) is 4.42. The summed E-state index contributed by atoms with van der Waals surface area (Å²) in [5, 5.41) is 14.3. The molecular weight excluding hydrogens is 302 g/mol. The van der Waals surface area contributed by atoms with Gasteiger partial charge in [-0.2, -0.15) is 0 Å². The van der Waals surface area contributed by atoms with Crippen LogP contribution in [0.2, 0.25) is 0 Å². The fraction of sp³-hybridized carbons (Fsp3) is 0.625. The summed E-state index contributed by atoms with van der Waals surface area (Å²) in [6, 6.07) is 3.81. The van der Waals surface area contributed by atoms with Crippen LogP contribution in [0, 0.1) is 11.3 Å². The van der Waals surface area contributed by atoms with Crippen molar-refractivity contribution in [1.82, 2.24) is 5.32 Å². The predicted octanol–water partition coefficient (Wildman–Crippen LogP) is 3.54. The summed E-state index contributed by atoms with van der Waals surface area (Å²) < 4.78 is 5.19. The van der Waals surface area contributed by atoms with Gasteiger partial charge in [0.25, 0.3) is 0 Å². The first-order valence-electron chi connectivity index (χ1n) is 7.29. The fourth-order valence-corrected chi connectivity index (χ4v) is 2.97. The zero-order chi connectivity index (χ0) is 17.0. The number of carboxylic acids is 1. The van der Waals surface area contributed by atoms with Crippen LogP contribution in [-0.4, -0.2) is 29.3 Å². The van der Waals surface area contributed by atoms with Gasteiger partial charge in [-0.3, -0.25) is 4.79 Å². The van der Waals surface area contributed by atoms with Gasteiger partial charge < -0.3 is 15.2 Å². The minimum absolute atomic E-state index is 0.0345. The Morgan fingerprint density at radius 2 is 2.00 bits per heavy atom. The smallest absolute Gasteiger partial charge is 0.407 e. The Morgan fingerprint density at radius 3 is 2.41 bits per heavy atom. The second-order valence-corrected chi connectivity index (χ2v) is 7.76. The van der Waals surface area contributed by atoms with Crippen molar-refractivity contribution in [3.8, 4) is 0 Å². The number of carbonyl (C=O) groups is 2. The molecule has 0 aliphatic heterocycles. The first-order chi connectivity index (χ1) is 10.1. The normalized spacial score (nSPS) is 14.5. The van der Waals surface area contributed by atoms with Crippen molar-refractivity contribution in [2.24, 2.45) is 11.3 Å². The van der Waals surface area contributed by atoms with Gasteiger partial charge in [-0.1, -0.05) is 19.9 Å². The molecule has 1 aromatic rings. The first-order valence-corrected chi connectivity index (χ1v) is 8.17. The van der Waals surface area contributed by atoms with Crippen molar-refractivity contribution < 1.29 is 19.4 Å². The quantitative estimate of drug-likeness (QED) is 0.838. The number of thiophene rings is 1. The molecule has 1 rings (SSSR count). The molecule has 0 bridgehead atoms. The Bertz CT molecular complexity index is 505. The summed E-state index contributed by atoms with van der Waals surface area (Å²) in [5.41, 5.74) is -1.66. The van der Waals surface area contributed by atoms with Gasteiger partial charge in [0.1, 0.15) is 5.60 Å². The van der Waals surface area contributed by atoms with E-state index in [0.717, 1.165) is 4.88 Å². The molecule has 6 heteroatoms. The number of ether oxygens (including phenoxy) is 1. The van der Waals surface area contributed by atoms with Gasteiger partial charge in [0.05, 0.1) is 5.41 Å². The standard InChI is InChI=1S/C16H25NO4S/c1-11(2)16(13(18)19,9-12-7-6-8-22-12)10-17-14(20)21-15(3,4)5/h6-8,11H,9-10H2,1-5H3,(H,17,20)(H,18,19). The van der Waals surface area contributed by atoms with Gasteiger partial charge in [-0.05, 0) is 44.6 Å². The Balaban J connectivity index is 2.87.